The van der Waals surface area contributed by atoms with E-state index in [1.807, 2.05) is 0 Å². The van der Waals surface area contributed by atoms with E-state index in [4.69, 9.17) is 0 Å². The average molecular weight is 558 g/mol. The topological polar surface area (TPSA) is 166 Å². The number of hydrogen-bond donors (Lipinski definition) is 1. The van der Waals surface area contributed by atoms with Gasteiger partial charge in [0.25, 0.3) is 11.4 Å². The first-order valence-electron chi connectivity index (χ1n) is 10.8. The summed E-state index contributed by atoms with van der Waals surface area (Å²) >= 11 is 1.13. The minimum Gasteiger partial charge on any atom is -0.329 e. The first kappa shape index (κ1) is 28.2. The lowest BCUT2D eigenvalue weighted by atomic mass is 10.2. The lowest BCUT2D eigenvalue weighted by Gasteiger charge is -2.20. The van der Waals surface area contributed by atoms with E-state index >= 15 is 0 Å². The third-order valence-electron chi connectivity index (χ3n) is 5.02. The van der Waals surface area contributed by atoms with Crippen molar-refractivity contribution in [2.75, 3.05) is 18.5 Å². The number of non-ortho nitro benzene ring substituents is 1. The molecule has 0 bridgehead atoms. The van der Waals surface area contributed by atoms with E-state index in [-0.39, 0.29) is 29.4 Å². The summed E-state index contributed by atoms with van der Waals surface area (Å²) in [5, 5.41) is 27.5. The molecule has 1 aromatic heterocycles. The Kier molecular flexibility index (Phi) is 9.11. The quantitative estimate of drug-likeness (QED) is 0.140. The number of nitrogens with zero attached hydrogens (tertiary/aromatic N) is 6. The summed E-state index contributed by atoms with van der Waals surface area (Å²) in [7, 11) is -2.44. The SMILES string of the molecule is C=CCN(CC=C)S(=O)(=O)c1cc([N+](=O)[O-])ccc1N/N=C\c1ccc(Sc2nccn2C)c([N+](=O)[O-])c1. The first-order valence-corrected chi connectivity index (χ1v) is 13.1. The summed E-state index contributed by atoms with van der Waals surface area (Å²) in [6.07, 6.45) is 7.34. The zero-order chi connectivity index (χ0) is 27.9. The highest BCUT2D eigenvalue weighted by atomic mass is 32.2. The van der Waals surface area contributed by atoms with E-state index in [1.165, 1.54) is 30.5 Å². The number of nitro groups is 2. The van der Waals surface area contributed by atoms with Crippen LogP contribution in [-0.4, -0.2) is 51.4 Å². The zero-order valence-corrected chi connectivity index (χ0v) is 21.8. The molecule has 0 aliphatic rings. The number of sulfonamides is 1. The molecule has 3 aromatic rings. The molecule has 0 atom stereocenters. The van der Waals surface area contributed by atoms with Crippen molar-refractivity contribution in [3.63, 3.8) is 0 Å². The van der Waals surface area contributed by atoms with E-state index in [2.05, 4.69) is 28.7 Å². The Morgan fingerprint density at radius 1 is 1.13 bits per heavy atom. The van der Waals surface area contributed by atoms with Crippen LogP contribution in [-0.2, 0) is 17.1 Å². The van der Waals surface area contributed by atoms with Gasteiger partial charge >= 0.3 is 0 Å². The molecule has 0 unspecified atom stereocenters. The summed E-state index contributed by atoms with van der Waals surface area (Å²) in [6.45, 7) is 7.00. The second-order valence-electron chi connectivity index (χ2n) is 7.61. The summed E-state index contributed by atoms with van der Waals surface area (Å²) in [5.41, 5.74) is 2.33. The second-order valence-corrected chi connectivity index (χ2v) is 10.5. The molecule has 198 valence electrons. The van der Waals surface area contributed by atoms with E-state index in [0.717, 1.165) is 28.2 Å². The van der Waals surface area contributed by atoms with Crippen molar-refractivity contribution in [3.05, 3.63) is 99.9 Å². The minimum atomic E-state index is -4.21. The number of imidazole rings is 1. The van der Waals surface area contributed by atoms with Gasteiger partial charge in [-0.1, -0.05) is 18.2 Å². The largest absolute Gasteiger partial charge is 0.329 e. The molecule has 1 N–H and O–H groups in total. The fraction of sp³-hybridized carbons (Fsp3) is 0.130. The Morgan fingerprint density at radius 3 is 2.42 bits per heavy atom. The smallest absolute Gasteiger partial charge is 0.283 e. The Morgan fingerprint density at radius 2 is 1.84 bits per heavy atom. The number of nitro benzene ring substituents is 2. The molecule has 0 saturated carbocycles. The van der Waals surface area contributed by atoms with Crippen LogP contribution in [0.1, 0.15) is 5.56 Å². The van der Waals surface area contributed by atoms with Crippen molar-refractivity contribution in [1.29, 1.82) is 0 Å². The molecule has 0 saturated heterocycles. The van der Waals surface area contributed by atoms with Crippen LogP contribution in [0.5, 0.6) is 0 Å². The van der Waals surface area contributed by atoms with Crippen molar-refractivity contribution in [2.24, 2.45) is 12.1 Å². The molecule has 0 radical (unpaired) electrons. The third kappa shape index (κ3) is 6.50. The monoisotopic (exact) mass is 557 g/mol. The van der Waals surface area contributed by atoms with Crippen molar-refractivity contribution < 1.29 is 18.3 Å². The normalized spacial score (nSPS) is 11.5. The zero-order valence-electron chi connectivity index (χ0n) is 20.1. The van der Waals surface area contributed by atoms with Gasteiger partial charge in [-0.3, -0.25) is 25.7 Å². The van der Waals surface area contributed by atoms with Crippen molar-refractivity contribution in [1.82, 2.24) is 13.9 Å². The third-order valence-corrected chi connectivity index (χ3v) is 8.03. The Labute approximate surface area is 222 Å². The number of anilines is 1. The van der Waals surface area contributed by atoms with Gasteiger partial charge in [-0.05, 0) is 23.9 Å². The van der Waals surface area contributed by atoms with Crippen LogP contribution in [0.25, 0.3) is 0 Å². The molecule has 15 heteroatoms. The number of hydrazone groups is 1. The number of benzene rings is 2. The molecular formula is C23H23N7O6S2. The summed E-state index contributed by atoms with van der Waals surface area (Å²) in [4.78, 5) is 25.9. The lowest BCUT2D eigenvalue weighted by Crippen LogP contribution is -2.31. The highest BCUT2D eigenvalue weighted by molar-refractivity contribution is 7.99. The number of aromatic nitrogens is 2. The number of hydrogen-bond acceptors (Lipinski definition) is 10. The van der Waals surface area contributed by atoms with Gasteiger partial charge in [0.2, 0.25) is 10.0 Å². The van der Waals surface area contributed by atoms with E-state index in [1.54, 1.807) is 36.1 Å². The Bertz CT molecular complexity index is 1510. The molecule has 38 heavy (non-hydrogen) atoms. The summed E-state index contributed by atoms with van der Waals surface area (Å²) in [5.74, 6) is 0. The number of aryl methyl sites for hydroxylation is 1. The van der Waals surface area contributed by atoms with Crippen LogP contribution in [0, 0.1) is 20.2 Å². The fourth-order valence-electron chi connectivity index (χ4n) is 3.20. The molecule has 13 nitrogen and oxygen atoms in total. The van der Waals surface area contributed by atoms with E-state index in [0.29, 0.717) is 15.6 Å². The molecule has 0 fully saturated rings. The summed E-state index contributed by atoms with van der Waals surface area (Å²) < 4.78 is 29.3. The lowest BCUT2D eigenvalue weighted by molar-refractivity contribution is -0.387. The molecule has 0 aliphatic heterocycles. The maximum atomic E-state index is 13.3. The highest BCUT2D eigenvalue weighted by Gasteiger charge is 2.28. The van der Waals surface area contributed by atoms with Crippen molar-refractivity contribution in [2.45, 2.75) is 14.9 Å². The van der Waals surface area contributed by atoms with Crippen LogP contribution in [0.3, 0.4) is 0 Å². The van der Waals surface area contributed by atoms with Crippen LogP contribution >= 0.6 is 11.8 Å². The van der Waals surface area contributed by atoms with E-state index in [9.17, 15) is 28.6 Å². The molecule has 0 aliphatic carbocycles. The van der Waals surface area contributed by atoms with E-state index < -0.39 is 25.6 Å². The minimum absolute atomic E-state index is 0.0265. The maximum absolute atomic E-state index is 13.3. The van der Waals surface area contributed by atoms with Gasteiger partial charge in [-0.25, -0.2) is 13.4 Å². The molecule has 0 amide bonds. The van der Waals surface area contributed by atoms with Gasteiger partial charge in [0.05, 0.1) is 26.6 Å². The van der Waals surface area contributed by atoms with Crippen molar-refractivity contribution >= 4 is 45.1 Å². The molecule has 2 aromatic carbocycles. The molecule has 0 spiro atoms. The summed E-state index contributed by atoms with van der Waals surface area (Å²) in [6, 6.07) is 7.77. The maximum Gasteiger partial charge on any atom is 0.283 e. The van der Waals surface area contributed by atoms with Crippen LogP contribution < -0.4 is 5.43 Å². The number of nitrogens with one attached hydrogen (secondary N) is 1. The average Bonchev–Trinajstić information content (AvgIpc) is 3.28. The second kappa shape index (κ2) is 12.3. The molecule has 1 heterocycles. The standard InChI is InChI=1S/C23H23N7O6S2/c1-4-11-28(12-5-2)38(35,36)22-15-18(29(31)32)7-8-19(22)26-25-16-17-6-9-21(20(14-17)30(33)34)37-23-24-10-13-27(23)3/h4-10,13-16,26H,1-2,11-12H2,3H3/b25-16-. The highest BCUT2D eigenvalue weighted by Crippen LogP contribution is 2.34. The fourth-order valence-corrected chi connectivity index (χ4v) is 5.63. The molecular weight excluding hydrogens is 534 g/mol. The Hall–Kier alpha value is -4.34. The van der Waals surface area contributed by atoms with Gasteiger partial charge in [0.1, 0.15) is 4.90 Å². The van der Waals surface area contributed by atoms with Crippen LogP contribution in [0.4, 0.5) is 17.1 Å². The van der Waals surface area contributed by atoms with Gasteiger partial charge in [0.15, 0.2) is 5.16 Å². The van der Waals surface area contributed by atoms with Gasteiger partial charge in [-0.2, -0.15) is 9.41 Å². The van der Waals surface area contributed by atoms with Crippen molar-refractivity contribution in [3.8, 4) is 0 Å². The first-order chi connectivity index (χ1) is 18.1. The van der Waals surface area contributed by atoms with Gasteiger partial charge < -0.3 is 4.57 Å². The predicted molar refractivity (Wildman–Crippen MR) is 144 cm³/mol. The van der Waals surface area contributed by atoms with Crippen LogP contribution in [0.15, 0.2) is 94.2 Å². The van der Waals surface area contributed by atoms with Gasteiger partial charge in [0, 0.05) is 56.3 Å². The molecule has 3 rings (SSSR count). The van der Waals surface area contributed by atoms with Crippen LogP contribution in [0.2, 0.25) is 0 Å². The predicted octanol–water partition coefficient (Wildman–Crippen LogP) is 4.20. The number of rotatable bonds is 13. The Balaban J connectivity index is 1.93. The van der Waals surface area contributed by atoms with Gasteiger partial charge in [-0.15, -0.1) is 13.2 Å².